The largest absolute Gasteiger partial charge is 0.322 e. The molecular weight excluding hydrogens is 321 g/mol. The number of benzene rings is 2. The van der Waals surface area contributed by atoms with Crippen molar-refractivity contribution in [2.45, 2.75) is 6.92 Å². The second-order valence-corrected chi connectivity index (χ2v) is 5.19. The highest BCUT2D eigenvalue weighted by molar-refractivity contribution is 9.10. The maximum absolute atomic E-state index is 12.7. The first kappa shape index (κ1) is 14.5. The number of hydrogen-bond donors (Lipinski definition) is 1. The Kier molecular flexibility index (Phi) is 4.69. The van der Waals surface area contributed by atoms with Gasteiger partial charge in [0.25, 0.3) is 0 Å². The van der Waals surface area contributed by atoms with Gasteiger partial charge in [0.15, 0.2) is 0 Å². The lowest BCUT2D eigenvalue weighted by Gasteiger charge is -2.04. The van der Waals surface area contributed by atoms with E-state index in [9.17, 15) is 9.18 Å². The second kappa shape index (κ2) is 6.48. The van der Waals surface area contributed by atoms with Crippen LogP contribution in [0, 0.1) is 12.7 Å². The number of aryl methyl sites for hydroxylation is 1. The molecule has 0 aliphatic carbocycles. The maximum Gasteiger partial charge on any atom is 0.248 e. The lowest BCUT2D eigenvalue weighted by molar-refractivity contribution is -0.111. The highest BCUT2D eigenvalue weighted by Gasteiger charge is 2.00. The van der Waals surface area contributed by atoms with E-state index in [2.05, 4.69) is 21.2 Å². The lowest BCUT2D eigenvalue weighted by atomic mass is 10.2. The van der Waals surface area contributed by atoms with E-state index in [1.54, 1.807) is 18.2 Å². The number of halogens is 2. The van der Waals surface area contributed by atoms with E-state index in [0.717, 1.165) is 21.3 Å². The highest BCUT2D eigenvalue weighted by atomic mass is 79.9. The van der Waals surface area contributed by atoms with Gasteiger partial charge in [-0.3, -0.25) is 4.79 Å². The molecule has 0 aliphatic heterocycles. The van der Waals surface area contributed by atoms with Crippen LogP contribution >= 0.6 is 15.9 Å². The number of nitrogens with one attached hydrogen (secondary N) is 1. The lowest BCUT2D eigenvalue weighted by Crippen LogP contribution is -2.07. The first-order chi connectivity index (χ1) is 9.54. The van der Waals surface area contributed by atoms with Crippen molar-refractivity contribution in [3.05, 3.63) is 70.0 Å². The Morgan fingerprint density at radius 1 is 1.20 bits per heavy atom. The summed E-state index contributed by atoms with van der Waals surface area (Å²) in [6.45, 7) is 1.98. The second-order valence-electron chi connectivity index (χ2n) is 4.34. The molecule has 4 heteroatoms. The number of hydrogen-bond acceptors (Lipinski definition) is 1. The fourth-order valence-electron chi connectivity index (χ4n) is 1.60. The predicted octanol–water partition coefficient (Wildman–Crippen LogP) is 4.55. The summed E-state index contributed by atoms with van der Waals surface area (Å²) in [7, 11) is 0. The summed E-state index contributed by atoms with van der Waals surface area (Å²) >= 11 is 3.41. The first-order valence-corrected chi connectivity index (χ1v) is 6.85. The van der Waals surface area contributed by atoms with E-state index >= 15 is 0 Å². The third-order valence-electron chi connectivity index (χ3n) is 2.74. The SMILES string of the molecule is Cc1ccc(NC(=O)/C=C/c2ccc(F)cc2)cc1Br. The molecule has 0 saturated carbocycles. The van der Waals surface area contributed by atoms with Gasteiger partial charge in [-0.15, -0.1) is 0 Å². The van der Waals surface area contributed by atoms with Crippen molar-refractivity contribution < 1.29 is 9.18 Å². The number of amides is 1. The van der Waals surface area contributed by atoms with Gasteiger partial charge in [-0.25, -0.2) is 4.39 Å². The van der Waals surface area contributed by atoms with Gasteiger partial charge >= 0.3 is 0 Å². The van der Waals surface area contributed by atoms with Crippen LogP contribution < -0.4 is 5.32 Å². The van der Waals surface area contributed by atoms with E-state index in [4.69, 9.17) is 0 Å². The van der Waals surface area contributed by atoms with Gasteiger partial charge in [0, 0.05) is 16.2 Å². The summed E-state index contributed by atoms with van der Waals surface area (Å²) in [6, 6.07) is 11.5. The van der Waals surface area contributed by atoms with E-state index in [0.29, 0.717) is 0 Å². The van der Waals surface area contributed by atoms with Gasteiger partial charge in [-0.05, 0) is 48.4 Å². The molecule has 2 rings (SSSR count). The highest BCUT2D eigenvalue weighted by Crippen LogP contribution is 2.20. The van der Waals surface area contributed by atoms with Crippen LogP contribution in [0.4, 0.5) is 10.1 Å². The molecule has 0 aliphatic rings. The summed E-state index contributed by atoms with van der Waals surface area (Å²) in [6.07, 6.45) is 3.05. The average Bonchev–Trinajstić information content (AvgIpc) is 2.42. The molecule has 102 valence electrons. The topological polar surface area (TPSA) is 29.1 Å². The van der Waals surface area contributed by atoms with Crippen molar-refractivity contribution in [3.63, 3.8) is 0 Å². The average molecular weight is 334 g/mol. The van der Waals surface area contributed by atoms with Gasteiger partial charge in [-0.2, -0.15) is 0 Å². The third-order valence-corrected chi connectivity index (χ3v) is 3.59. The van der Waals surface area contributed by atoms with Crippen LogP contribution in [0.1, 0.15) is 11.1 Å². The number of anilines is 1. The van der Waals surface area contributed by atoms with Gasteiger partial charge in [0.05, 0.1) is 0 Å². The smallest absolute Gasteiger partial charge is 0.248 e. The summed E-state index contributed by atoms with van der Waals surface area (Å²) in [5.41, 5.74) is 2.59. The molecule has 0 saturated heterocycles. The molecule has 2 aromatic rings. The summed E-state index contributed by atoms with van der Waals surface area (Å²) in [5, 5.41) is 2.76. The Morgan fingerprint density at radius 2 is 1.90 bits per heavy atom. The quantitative estimate of drug-likeness (QED) is 0.820. The Morgan fingerprint density at radius 3 is 2.55 bits per heavy atom. The molecule has 1 N–H and O–H groups in total. The number of rotatable bonds is 3. The Labute approximate surface area is 125 Å². The van der Waals surface area contributed by atoms with Crippen LogP contribution in [0.5, 0.6) is 0 Å². The zero-order chi connectivity index (χ0) is 14.5. The number of carbonyl (C=O) groups excluding carboxylic acids is 1. The molecule has 0 fully saturated rings. The Hall–Kier alpha value is -1.94. The van der Waals surface area contributed by atoms with E-state index in [-0.39, 0.29) is 11.7 Å². The van der Waals surface area contributed by atoms with Crippen LogP contribution in [0.25, 0.3) is 6.08 Å². The minimum absolute atomic E-state index is 0.231. The maximum atomic E-state index is 12.7. The molecule has 0 radical (unpaired) electrons. The molecule has 20 heavy (non-hydrogen) atoms. The third kappa shape index (κ3) is 4.03. The standard InChI is InChI=1S/C16H13BrFNO/c1-11-2-8-14(10-15(11)17)19-16(20)9-5-12-3-6-13(18)7-4-12/h2-10H,1H3,(H,19,20)/b9-5+. The summed E-state index contributed by atoms with van der Waals surface area (Å²) < 4.78 is 13.7. The normalized spacial score (nSPS) is 10.8. The van der Waals surface area contributed by atoms with Crippen LogP contribution in [0.15, 0.2) is 53.0 Å². The zero-order valence-electron chi connectivity index (χ0n) is 10.9. The van der Waals surface area contributed by atoms with Gasteiger partial charge in [0.2, 0.25) is 5.91 Å². The summed E-state index contributed by atoms with van der Waals surface area (Å²) in [5.74, 6) is -0.527. The minimum atomic E-state index is -0.295. The Bertz CT molecular complexity index is 650. The van der Waals surface area contributed by atoms with Crippen LogP contribution in [-0.4, -0.2) is 5.91 Å². The van der Waals surface area contributed by atoms with Crippen molar-refractivity contribution in [1.82, 2.24) is 0 Å². The Balaban J connectivity index is 2.01. The van der Waals surface area contributed by atoms with Gasteiger partial charge < -0.3 is 5.32 Å². The first-order valence-electron chi connectivity index (χ1n) is 6.05. The monoisotopic (exact) mass is 333 g/mol. The zero-order valence-corrected chi connectivity index (χ0v) is 12.4. The van der Waals surface area contributed by atoms with E-state index in [1.165, 1.54) is 18.2 Å². The van der Waals surface area contributed by atoms with Crippen molar-refractivity contribution in [2.75, 3.05) is 5.32 Å². The van der Waals surface area contributed by atoms with Crippen molar-refractivity contribution >= 4 is 33.6 Å². The van der Waals surface area contributed by atoms with Gasteiger partial charge in [0.1, 0.15) is 5.82 Å². The van der Waals surface area contributed by atoms with Crippen LogP contribution in [0.2, 0.25) is 0 Å². The molecule has 2 aromatic carbocycles. The summed E-state index contributed by atoms with van der Waals surface area (Å²) in [4.78, 5) is 11.8. The van der Waals surface area contributed by atoms with Crippen LogP contribution in [0.3, 0.4) is 0 Å². The molecule has 0 atom stereocenters. The molecule has 0 aromatic heterocycles. The van der Waals surface area contributed by atoms with E-state index < -0.39 is 0 Å². The van der Waals surface area contributed by atoms with Crippen molar-refractivity contribution in [1.29, 1.82) is 0 Å². The molecule has 1 amide bonds. The number of carbonyl (C=O) groups is 1. The molecular formula is C16H13BrFNO. The molecule has 0 unspecified atom stereocenters. The molecule has 0 bridgehead atoms. The minimum Gasteiger partial charge on any atom is -0.322 e. The van der Waals surface area contributed by atoms with Crippen LogP contribution in [-0.2, 0) is 4.79 Å². The predicted molar refractivity (Wildman–Crippen MR) is 82.9 cm³/mol. The molecule has 2 nitrogen and oxygen atoms in total. The van der Waals surface area contributed by atoms with Crippen molar-refractivity contribution in [3.8, 4) is 0 Å². The fraction of sp³-hybridized carbons (Fsp3) is 0.0625. The van der Waals surface area contributed by atoms with E-state index in [1.807, 2.05) is 25.1 Å². The van der Waals surface area contributed by atoms with Crippen molar-refractivity contribution in [2.24, 2.45) is 0 Å². The molecule has 0 heterocycles. The van der Waals surface area contributed by atoms with Gasteiger partial charge in [-0.1, -0.05) is 34.1 Å². The fourth-order valence-corrected chi connectivity index (χ4v) is 1.98. The molecule has 0 spiro atoms.